The maximum Gasteiger partial charge on any atom is 0.164 e. The monoisotopic (exact) mass is 240 g/mol. The molecule has 1 unspecified atom stereocenters. The molecule has 0 spiro atoms. The predicted octanol–water partition coefficient (Wildman–Crippen LogP) is 2.73. The van der Waals surface area contributed by atoms with Crippen LogP contribution in [0.25, 0.3) is 0 Å². The van der Waals surface area contributed by atoms with Crippen molar-refractivity contribution in [2.75, 3.05) is 7.05 Å². The van der Waals surface area contributed by atoms with Gasteiger partial charge in [0.1, 0.15) is 5.01 Å². The Hall–Kier alpha value is -1.33. The molecule has 0 saturated carbocycles. The Bertz CT molecular complexity index is 471. The van der Waals surface area contributed by atoms with Crippen LogP contribution in [0.15, 0.2) is 29.8 Å². The molecular weight excluding hydrogens is 230 g/mol. The van der Waals surface area contributed by atoms with Crippen molar-refractivity contribution < 1.29 is 8.78 Å². The lowest BCUT2D eigenvalue weighted by atomic mass is 10.1. The Kier molecular flexibility index (Phi) is 3.26. The van der Waals surface area contributed by atoms with E-state index in [0.717, 1.165) is 6.07 Å². The molecule has 1 atom stereocenters. The van der Waals surface area contributed by atoms with Crippen LogP contribution in [-0.2, 0) is 0 Å². The van der Waals surface area contributed by atoms with E-state index >= 15 is 0 Å². The highest BCUT2D eigenvalue weighted by molar-refractivity contribution is 7.09. The van der Waals surface area contributed by atoms with Gasteiger partial charge in [-0.3, -0.25) is 0 Å². The number of nitrogens with one attached hydrogen (secondary N) is 1. The Balaban J connectivity index is 2.45. The standard InChI is InChI=1S/C11H10F2N2S/c1-14-10(11-15-5-6-16-11)7-3-2-4-8(12)9(7)13/h2-6,10,14H,1H3. The third-order valence-corrected chi connectivity index (χ3v) is 3.12. The van der Waals surface area contributed by atoms with Crippen molar-refractivity contribution in [3.8, 4) is 0 Å². The molecule has 0 aliphatic carbocycles. The summed E-state index contributed by atoms with van der Waals surface area (Å²) in [4.78, 5) is 4.10. The Morgan fingerprint density at radius 1 is 1.38 bits per heavy atom. The van der Waals surface area contributed by atoms with Crippen LogP contribution in [0, 0.1) is 11.6 Å². The zero-order valence-electron chi connectivity index (χ0n) is 8.58. The smallest absolute Gasteiger partial charge is 0.164 e. The number of hydrogen-bond donors (Lipinski definition) is 1. The first-order valence-corrected chi connectivity index (χ1v) is 5.62. The molecule has 0 fully saturated rings. The summed E-state index contributed by atoms with van der Waals surface area (Å²) < 4.78 is 26.7. The third-order valence-electron chi connectivity index (χ3n) is 2.28. The van der Waals surface area contributed by atoms with Crippen molar-refractivity contribution in [1.29, 1.82) is 0 Å². The van der Waals surface area contributed by atoms with Crippen LogP contribution in [0.1, 0.15) is 16.6 Å². The van der Waals surface area contributed by atoms with Gasteiger partial charge in [-0.25, -0.2) is 13.8 Å². The maximum atomic E-state index is 13.6. The normalized spacial score (nSPS) is 12.7. The molecule has 1 aromatic heterocycles. The molecule has 2 nitrogen and oxygen atoms in total. The van der Waals surface area contributed by atoms with E-state index < -0.39 is 17.7 Å². The van der Waals surface area contributed by atoms with Crippen LogP contribution >= 0.6 is 11.3 Å². The SMILES string of the molecule is CNC(c1nccs1)c1cccc(F)c1F. The van der Waals surface area contributed by atoms with Crippen molar-refractivity contribution in [2.24, 2.45) is 0 Å². The molecule has 1 N–H and O–H groups in total. The number of halogens is 2. The molecule has 0 saturated heterocycles. The van der Waals surface area contributed by atoms with E-state index in [0.29, 0.717) is 5.01 Å². The molecule has 84 valence electrons. The minimum atomic E-state index is -0.839. The maximum absolute atomic E-state index is 13.6. The lowest BCUT2D eigenvalue weighted by molar-refractivity contribution is 0.487. The zero-order chi connectivity index (χ0) is 11.5. The number of nitrogens with zero attached hydrogens (tertiary/aromatic N) is 1. The van der Waals surface area contributed by atoms with E-state index in [1.165, 1.54) is 17.4 Å². The van der Waals surface area contributed by atoms with Gasteiger partial charge in [0.15, 0.2) is 11.6 Å². The fourth-order valence-electron chi connectivity index (χ4n) is 1.53. The van der Waals surface area contributed by atoms with Crippen LogP contribution in [-0.4, -0.2) is 12.0 Å². The Morgan fingerprint density at radius 3 is 2.81 bits per heavy atom. The van der Waals surface area contributed by atoms with Gasteiger partial charge in [0, 0.05) is 17.1 Å². The quantitative estimate of drug-likeness (QED) is 0.892. The number of thiazole rings is 1. The Labute approximate surface area is 96.0 Å². The summed E-state index contributed by atoms with van der Waals surface area (Å²) >= 11 is 1.40. The summed E-state index contributed by atoms with van der Waals surface area (Å²) in [5, 5.41) is 5.45. The molecule has 0 aliphatic heterocycles. The summed E-state index contributed by atoms with van der Waals surface area (Å²) in [6.45, 7) is 0. The molecule has 2 aromatic rings. The minimum absolute atomic E-state index is 0.275. The number of aromatic nitrogens is 1. The van der Waals surface area contributed by atoms with Gasteiger partial charge in [-0.15, -0.1) is 11.3 Å². The van der Waals surface area contributed by atoms with E-state index in [4.69, 9.17) is 0 Å². The average molecular weight is 240 g/mol. The lowest BCUT2D eigenvalue weighted by Gasteiger charge is -2.14. The molecule has 1 heterocycles. The van der Waals surface area contributed by atoms with E-state index in [1.807, 2.05) is 0 Å². The summed E-state index contributed by atoms with van der Waals surface area (Å²) in [6, 6.07) is 3.75. The average Bonchev–Trinajstić information content (AvgIpc) is 2.79. The summed E-state index contributed by atoms with van der Waals surface area (Å²) in [7, 11) is 1.69. The first-order valence-electron chi connectivity index (χ1n) is 4.74. The van der Waals surface area contributed by atoms with Gasteiger partial charge in [0.25, 0.3) is 0 Å². The molecule has 1 aromatic carbocycles. The first-order chi connectivity index (χ1) is 7.74. The van der Waals surface area contributed by atoms with Crippen molar-refractivity contribution >= 4 is 11.3 Å². The van der Waals surface area contributed by atoms with Gasteiger partial charge in [0.2, 0.25) is 0 Å². The van der Waals surface area contributed by atoms with E-state index in [-0.39, 0.29) is 5.56 Å². The predicted molar refractivity (Wildman–Crippen MR) is 59.4 cm³/mol. The molecule has 2 rings (SSSR count). The summed E-state index contributed by atoms with van der Waals surface area (Å²) in [5.74, 6) is -1.66. The van der Waals surface area contributed by atoms with E-state index in [1.54, 1.807) is 24.7 Å². The van der Waals surface area contributed by atoms with Crippen molar-refractivity contribution in [3.63, 3.8) is 0 Å². The van der Waals surface area contributed by atoms with Gasteiger partial charge >= 0.3 is 0 Å². The van der Waals surface area contributed by atoms with E-state index in [2.05, 4.69) is 10.3 Å². The van der Waals surface area contributed by atoms with Gasteiger partial charge in [0.05, 0.1) is 6.04 Å². The largest absolute Gasteiger partial charge is 0.307 e. The minimum Gasteiger partial charge on any atom is -0.307 e. The second kappa shape index (κ2) is 4.67. The highest BCUT2D eigenvalue weighted by Gasteiger charge is 2.20. The zero-order valence-corrected chi connectivity index (χ0v) is 9.39. The fourth-order valence-corrected chi connectivity index (χ4v) is 2.30. The second-order valence-corrected chi connectivity index (χ2v) is 4.16. The molecule has 0 radical (unpaired) electrons. The molecule has 0 bridgehead atoms. The fraction of sp³-hybridized carbons (Fsp3) is 0.182. The third kappa shape index (κ3) is 1.96. The van der Waals surface area contributed by atoms with Crippen molar-refractivity contribution in [1.82, 2.24) is 10.3 Å². The molecule has 0 amide bonds. The van der Waals surface area contributed by atoms with Crippen LogP contribution in [0.2, 0.25) is 0 Å². The molecule has 16 heavy (non-hydrogen) atoms. The number of rotatable bonds is 3. The molecular formula is C11H10F2N2S. The van der Waals surface area contributed by atoms with Gasteiger partial charge in [-0.05, 0) is 13.1 Å². The number of hydrogen-bond acceptors (Lipinski definition) is 3. The first kappa shape index (κ1) is 11.2. The van der Waals surface area contributed by atoms with Crippen LogP contribution in [0.5, 0.6) is 0 Å². The van der Waals surface area contributed by atoms with Crippen LogP contribution < -0.4 is 5.32 Å². The van der Waals surface area contributed by atoms with Gasteiger partial charge < -0.3 is 5.32 Å². The van der Waals surface area contributed by atoms with Crippen molar-refractivity contribution in [3.05, 3.63) is 52.0 Å². The topological polar surface area (TPSA) is 24.9 Å². The summed E-state index contributed by atoms with van der Waals surface area (Å²) in [6.07, 6.45) is 1.64. The highest BCUT2D eigenvalue weighted by atomic mass is 32.1. The molecule has 5 heteroatoms. The van der Waals surface area contributed by atoms with Crippen LogP contribution in [0.3, 0.4) is 0 Å². The van der Waals surface area contributed by atoms with Gasteiger partial charge in [-0.2, -0.15) is 0 Å². The second-order valence-electron chi connectivity index (χ2n) is 3.24. The van der Waals surface area contributed by atoms with Crippen LogP contribution in [0.4, 0.5) is 8.78 Å². The number of benzene rings is 1. The summed E-state index contributed by atoms with van der Waals surface area (Å²) in [5.41, 5.74) is 0.275. The lowest BCUT2D eigenvalue weighted by Crippen LogP contribution is -2.19. The Morgan fingerprint density at radius 2 is 2.19 bits per heavy atom. The van der Waals surface area contributed by atoms with Crippen molar-refractivity contribution in [2.45, 2.75) is 6.04 Å². The van der Waals surface area contributed by atoms with E-state index in [9.17, 15) is 8.78 Å². The van der Waals surface area contributed by atoms with Gasteiger partial charge in [-0.1, -0.05) is 12.1 Å². The highest BCUT2D eigenvalue weighted by Crippen LogP contribution is 2.26. The molecule has 0 aliphatic rings.